The summed E-state index contributed by atoms with van der Waals surface area (Å²) < 4.78 is 68.3. The van der Waals surface area contributed by atoms with E-state index in [4.69, 9.17) is 0 Å². The van der Waals surface area contributed by atoms with Crippen molar-refractivity contribution in [1.82, 2.24) is 14.7 Å². The molecule has 3 rings (SSSR count). The van der Waals surface area contributed by atoms with E-state index in [1.54, 1.807) is 49.6 Å². The molecule has 33 heavy (non-hydrogen) atoms. The van der Waals surface area contributed by atoms with E-state index in [0.717, 1.165) is 6.07 Å². The van der Waals surface area contributed by atoms with Crippen molar-refractivity contribution in [2.45, 2.75) is 24.9 Å². The molecule has 8 nitrogen and oxygen atoms in total. The molecule has 1 amide bonds. The number of aryl methyl sites for hydroxylation is 1. The number of benzene rings is 2. The molecule has 0 saturated carbocycles. The molecule has 0 atom stereocenters. The van der Waals surface area contributed by atoms with Gasteiger partial charge >= 0.3 is 6.18 Å². The third kappa shape index (κ3) is 5.11. The van der Waals surface area contributed by atoms with Crippen molar-refractivity contribution < 1.29 is 26.4 Å². The minimum Gasteiger partial charge on any atom is -0.343 e. The lowest BCUT2D eigenvalue weighted by Crippen LogP contribution is -2.34. The number of rotatable bonds is 6. The highest BCUT2D eigenvalue weighted by atomic mass is 32.2. The summed E-state index contributed by atoms with van der Waals surface area (Å²) in [6.07, 6.45) is -4.61. The van der Waals surface area contributed by atoms with Crippen LogP contribution in [-0.2, 0) is 17.1 Å². The second-order valence-corrected chi connectivity index (χ2v) is 9.00. The Morgan fingerprint density at radius 3 is 2.30 bits per heavy atom. The summed E-state index contributed by atoms with van der Waals surface area (Å²) in [6, 6.07) is 12.1. The molecule has 0 unspecified atom stereocenters. The molecule has 2 aromatic carbocycles. The van der Waals surface area contributed by atoms with Gasteiger partial charge in [-0.2, -0.15) is 13.2 Å². The van der Waals surface area contributed by atoms with Crippen molar-refractivity contribution in [1.29, 1.82) is 0 Å². The van der Waals surface area contributed by atoms with E-state index in [2.05, 4.69) is 4.72 Å². The molecule has 3 aromatic rings. The molecule has 0 spiro atoms. The number of hydrogen-bond donors (Lipinski definition) is 2. The first-order chi connectivity index (χ1) is 15.3. The summed E-state index contributed by atoms with van der Waals surface area (Å²) in [5.41, 5.74) is 0.120. The van der Waals surface area contributed by atoms with Crippen LogP contribution in [0.2, 0.25) is 0 Å². The number of sulfonamides is 1. The predicted octanol–water partition coefficient (Wildman–Crippen LogP) is 2.89. The van der Waals surface area contributed by atoms with E-state index in [0.29, 0.717) is 11.4 Å². The maximum absolute atomic E-state index is 13.0. The Morgan fingerprint density at radius 1 is 1.06 bits per heavy atom. The fourth-order valence-corrected chi connectivity index (χ4v) is 4.31. The number of halogens is 3. The monoisotopic (exact) mass is 482 g/mol. The lowest BCUT2D eigenvalue weighted by molar-refractivity contribution is -0.123. The summed E-state index contributed by atoms with van der Waals surface area (Å²) in [5, 5.41) is 1.72. The number of nitrogens with one attached hydrogen (secondary N) is 2. The van der Waals surface area contributed by atoms with Crippen molar-refractivity contribution in [3.63, 3.8) is 0 Å². The molecular formula is C21H21F3N4O4S. The smallest absolute Gasteiger partial charge is 0.343 e. The molecule has 1 heterocycles. The normalized spacial score (nSPS) is 11.9. The van der Waals surface area contributed by atoms with Crippen molar-refractivity contribution in [2.24, 2.45) is 7.05 Å². The van der Waals surface area contributed by atoms with Gasteiger partial charge < -0.3 is 5.32 Å². The van der Waals surface area contributed by atoms with Gasteiger partial charge in [0.05, 0.1) is 16.3 Å². The first-order valence-corrected chi connectivity index (χ1v) is 11.1. The van der Waals surface area contributed by atoms with Crippen LogP contribution in [0.5, 0.6) is 0 Å². The van der Waals surface area contributed by atoms with Gasteiger partial charge in [0.15, 0.2) is 0 Å². The van der Waals surface area contributed by atoms with E-state index in [1.807, 2.05) is 0 Å². The van der Waals surface area contributed by atoms with E-state index < -0.39 is 34.2 Å². The average molecular weight is 482 g/mol. The standard InChI is InChI=1S/C21H21F3N4O4S/c1-13-9-10-16(11-17(13)19(29)25-12-21(22,23)24)33(31,32)26-18-14(2)27(3)28(20(18)30)15-7-5-4-6-8-15/h4-11,26H,12H2,1-3H3,(H,25,29). The van der Waals surface area contributed by atoms with Crippen LogP contribution in [0.25, 0.3) is 5.69 Å². The highest BCUT2D eigenvalue weighted by Gasteiger charge is 2.29. The number of nitrogens with zero attached hydrogens (tertiary/aromatic N) is 2. The van der Waals surface area contributed by atoms with Gasteiger partial charge in [0, 0.05) is 12.6 Å². The first-order valence-electron chi connectivity index (χ1n) is 9.64. The molecule has 0 saturated heterocycles. The third-order valence-electron chi connectivity index (χ3n) is 5.00. The van der Waals surface area contributed by atoms with Gasteiger partial charge in [-0.05, 0) is 43.7 Å². The Labute approximate surface area is 187 Å². The topological polar surface area (TPSA) is 102 Å². The molecule has 0 aliphatic heterocycles. The summed E-state index contributed by atoms with van der Waals surface area (Å²) in [4.78, 5) is 24.8. The summed E-state index contributed by atoms with van der Waals surface area (Å²) >= 11 is 0. The van der Waals surface area contributed by atoms with Crippen LogP contribution in [0.4, 0.5) is 18.9 Å². The van der Waals surface area contributed by atoms with Gasteiger partial charge in [-0.1, -0.05) is 24.3 Å². The van der Waals surface area contributed by atoms with E-state index in [1.165, 1.54) is 28.4 Å². The largest absolute Gasteiger partial charge is 0.405 e. The fraction of sp³-hybridized carbons (Fsp3) is 0.238. The van der Waals surface area contributed by atoms with Crippen molar-refractivity contribution >= 4 is 21.6 Å². The van der Waals surface area contributed by atoms with Crippen LogP contribution in [-0.4, -0.2) is 36.4 Å². The summed E-state index contributed by atoms with van der Waals surface area (Å²) in [7, 11) is -2.75. The molecule has 1 aromatic heterocycles. The minimum absolute atomic E-state index is 0.190. The van der Waals surface area contributed by atoms with Crippen LogP contribution < -0.4 is 15.6 Å². The summed E-state index contributed by atoms with van der Waals surface area (Å²) in [6.45, 7) is 1.47. The lowest BCUT2D eigenvalue weighted by atomic mass is 10.1. The molecule has 12 heteroatoms. The Bertz CT molecular complexity index is 1360. The number of amides is 1. The second-order valence-electron chi connectivity index (χ2n) is 7.32. The molecule has 0 fully saturated rings. The Kier molecular flexibility index (Phi) is 6.41. The molecule has 0 aliphatic carbocycles. The minimum atomic E-state index is -4.61. The van der Waals surface area contributed by atoms with Crippen molar-refractivity contribution in [2.75, 3.05) is 11.3 Å². The van der Waals surface area contributed by atoms with Crippen LogP contribution in [0.3, 0.4) is 0 Å². The number of carbonyl (C=O) groups excluding carboxylic acids is 1. The Hall–Kier alpha value is -3.54. The van der Waals surface area contributed by atoms with E-state index in [9.17, 15) is 31.2 Å². The van der Waals surface area contributed by atoms with Crippen LogP contribution in [0.1, 0.15) is 21.6 Å². The number of para-hydroxylation sites is 1. The Morgan fingerprint density at radius 2 is 1.70 bits per heavy atom. The zero-order valence-electron chi connectivity index (χ0n) is 17.9. The third-order valence-corrected chi connectivity index (χ3v) is 6.35. The van der Waals surface area contributed by atoms with Gasteiger partial charge in [-0.15, -0.1) is 0 Å². The van der Waals surface area contributed by atoms with Gasteiger partial charge in [0.1, 0.15) is 12.2 Å². The van der Waals surface area contributed by atoms with E-state index >= 15 is 0 Å². The number of hydrogen-bond acceptors (Lipinski definition) is 4. The van der Waals surface area contributed by atoms with Crippen molar-refractivity contribution in [3.8, 4) is 5.69 Å². The van der Waals surface area contributed by atoms with Crippen LogP contribution >= 0.6 is 0 Å². The molecule has 0 aliphatic rings. The zero-order valence-corrected chi connectivity index (χ0v) is 18.7. The van der Waals surface area contributed by atoms with Gasteiger partial charge in [-0.25, -0.2) is 13.1 Å². The fourth-order valence-electron chi connectivity index (χ4n) is 3.17. The molecule has 2 N–H and O–H groups in total. The molecule has 0 radical (unpaired) electrons. The molecular weight excluding hydrogens is 461 g/mol. The van der Waals surface area contributed by atoms with Gasteiger partial charge in [-0.3, -0.25) is 19.0 Å². The Balaban J connectivity index is 1.97. The maximum atomic E-state index is 13.0. The first kappa shape index (κ1) is 24.1. The average Bonchev–Trinajstić information content (AvgIpc) is 2.95. The van der Waals surface area contributed by atoms with Crippen molar-refractivity contribution in [3.05, 3.63) is 75.7 Å². The quantitative estimate of drug-likeness (QED) is 0.564. The van der Waals surface area contributed by atoms with Crippen LogP contribution in [0, 0.1) is 13.8 Å². The SMILES string of the molecule is Cc1ccc(S(=O)(=O)Nc2c(C)n(C)n(-c3ccccc3)c2=O)cc1C(=O)NCC(F)(F)F. The second kappa shape index (κ2) is 8.77. The number of carbonyl (C=O) groups is 1. The lowest BCUT2D eigenvalue weighted by Gasteiger charge is -2.12. The van der Waals surface area contributed by atoms with Crippen LogP contribution in [0.15, 0.2) is 58.2 Å². The zero-order chi connectivity index (χ0) is 24.6. The van der Waals surface area contributed by atoms with Gasteiger partial charge in [0.25, 0.3) is 21.5 Å². The molecule has 176 valence electrons. The predicted molar refractivity (Wildman–Crippen MR) is 116 cm³/mol. The highest BCUT2D eigenvalue weighted by Crippen LogP contribution is 2.21. The number of alkyl halides is 3. The maximum Gasteiger partial charge on any atom is 0.405 e. The highest BCUT2D eigenvalue weighted by molar-refractivity contribution is 7.92. The van der Waals surface area contributed by atoms with Gasteiger partial charge in [0.2, 0.25) is 0 Å². The number of anilines is 1. The van der Waals surface area contributed by atoms with E-state index in [-0.39, 0.29) is 21.7 Å². The molecule has 0 bridgehead atoms. The summed E-state index contributed by atoms with van der Waals surface area (Å²) in [5.74, 6) is -1.07. The number of aromatic nitrogens is 2.